The normalized spacial score (nSPS) is 10.2. The number of halogens is 1. The van der Waals surface area contributed by atoms with E-state index in [1.54, 1.807) is 48.5 Å². The number of benzene rings is 2. The molecule has 0 aliphatic carbocycles. The van der Waals surface area contributed by atoms with Crippen LogP contribution in [0.2, 0.25) is 5.02 Å². The van der Waals surface area contributed by atoms with Crippen molar-refractivity contribution in [3.63, 3.8) is 0 Å². The number of amides is 1. The zero-order valence-electron chi connectivity index (χ0n) is 11.7. The Bertz CT molecular complexity index is 650. The third-order valence-corrected chi connectivity index (χ3v) is 3.31. The van der Waals surface area contributed by atoms with Crippen molar-refractivity contribution >= 4 is 23.3 Å². The maximum atomic E-state index is 12.5. The highest BCUT2D eigenvalue weighted by Crippen LogP contribution is 2.17. The second-order valence-electron chi connectivity index (χ2n) is 4.64. The molecule has 0 unspecified atom stereocenters. The molecule has 0 aromatic heterocycles. The van der Waals surface area contributed by atoms with E-state index >= 15 is 0 Å². The minimum absolute atomic E-state index is 0.186. The first-order valence-electron chi connectivity index (χ1n) is 6.81. The predicted molar refractivity (Wildman–Crippen MR) is 84.0 cm³/mol. The highest BCUT2D eigenvalue weighted by molar-refractivity contribution is 6.30. The highest BCUT2D eigenvalue weighted by atomic mass is 35.5. The van der Waals surface area contributed by atoms with Crippen LogP contribution in [0.25, 0.3) is 0 Å². The average molecular weight is 302 g/mol. The van der Waals surface area contributed by atoms with E-state index in [-0.39, 0.29) is 11.7 Å². The van der Waals surface area contributed by atoms with Gasteiger partial charge < -0.3 is 5.32 Å². The molecule has 0 fully saturated rings. The lowest BCUT2D eigenvalue weighted by Gasteiger charge is -2.09. The van der Waals surface area contributed by atoms with Gasteiger partial charge in [-0.25, -0.2) is 0 Å². The second-order valence-corrected chi connectivity index (χ2v) is 5.07. The van der Waals surface area contributed by atoms with Gasteiger partial charge in [-0.1, -0.05) is 36.7 Å². The summed E-state index contributed by atoms with van der Waals surface area (Å²) < 4.78 is 0. The van der Waals surface area contributed by atoms with Crippen LogP contribution in [0.1, 0.15) is 39.6 Å². The third-order valence-electron chi connectivity index (χ3n) is 3.06. The quantitative estimate of drug-likeness (QED) is 0.856. The molecule has 0 heterocycles. The van der Waals surface area contributed by atoms with Gasteiger partial charge >= 0.3 is 0 Å². The van der Waals surface area contributed by atoms with E-state index in [0.717, 1.165) is 6.42 Å². The van der Waals surface area contributed by atoms with Crippen LogP contribution in [-0.4, -0.2) is 18.2 Å². The fourth-order valence-corrected chi connectivity index (χ4v) is 2.10. The molecule has 0 aliphatic rings. The average Bonchev–Trinajstić information content (AvgIpc) is 2.52. The Morgan fingerprint density at radius 2 is 1.62 bits per heavy atom. The molecule has 0 saturated carbocycles. The molecule has 108 valence electrons. The molecule has 1 amide bonds. The van der Waals surface area contributed by atoms with Crippen LogP contribution in [0.3, 0.4) is 0 Å². The van der Waals surface area contributed by atoms with Gasteiger partial charge in [0.1, 0.15) is 0 Å². The fourth-order valence-electron chi connectivity index (χ4n) is 1.97. The van der Waals surface area contributed by atoms with Crippen LogP contribution < -0.4 is 5.32 Å². The maximum Gasteiger partial charge on any atom is 0.252 e. The topological polar surface area (TPSA) is 46.2 Å². The molecule has 0 bridgehead atoms. The lowest BCUT2D eigenvalue weighted by molar-refractivity contribution is 0.0942. The van der Waals surface area contributed by atoms with E-state index in [4.69, 9.17) is 11.6 Å². The van der Waals surface area contributed by atoms with E-state index in [0.29, 0.717) is 28.3 Å². The predicted octanol–water partition coefficient (Wildman–Crippen LogP) is 3.71. The van der Waals surface area contributed by atoms with Gasteiger partial charge in [0.25, 0.3) is 5.91 Å². The van der Waals surface area contributed by atoms with Crippen LogP contribution in [0, 0.1) is 0 Å². The van der Waals surface area contributed by atoms with Gasteiger partial charge in [-0.3, -0.25) is 9.59 Å². The number of nitrogens with one attached hydrogen (secondary N) is 1. The zero-order valence-corrected chi connectivity index (χ0v) is 12.5. The molecule has 1 N–H and O–H groups in total. The molecule has 0 spiro atoms. The summed E-state index contributed by atoms with van der Waals surface area (Å²) in [5.74, 6) is -0.413. The number of ketones is 1. The Kier molecular flexibility index (Phi) is 5.12. The van der Waals surface area contributed by atoms with Crippen LogP contribution in [-0.2, 0) is 0 Å². The molecule has 3 nitrogen and oxygen atoms in total. The van der Waals surface area contributed by atoms with E-state index in [9.17, 15) is 9.59 Å². The SMILES string of the molecule is CCCNC(=O)c1ccccc1C(=O)c1ccc(Cl)cc1. The number of hydrogen-bond donors (Lipinski definition) is 1. The molecular weight excluding hydrogens is 286 g/mol. The Morgan fingerprint density at radius 3 is 2.24 bits per heavy atom. The van der Waals surface area contributed by atoms with Gasteiger partial charge in [0.2, 0.25) is 0 Å². The van der Waals surface area contributed by atoms with Crippen molar-refractivity contribution in [1.82, 2.24) is 5.32 Å². The largest absolute Gasteiger partial charge is 0.352 e. The van der Waals surface area contributed by atoms with Crippen molar-refractivity contribution < 1.29 is 9.59 Å². The standard InChI is InChI=1S/C17H16ClNO2/c1-2-11-19-17(21)15-6-4-3-5-14(15)16(20)12-7-9-13(18)10-8-12/h3-10H,2,11H2,1H3,(H,19,21). The van der Waals surface area contributed by atoms with Crippen LogP contribution >= 0.6 is 11.6 Å². The number of rotatable bonds is 5. The van der Waals surface area contributed by atoms with Crippen molar-refractivity contribution in [2.45, 2.75) is 13.3 Å². The summed E-state index contributed by atoms with van der Waals surface area (Å²) in [7, 11) is 0. The van der Waals surface area contributed by atoms with Crippen LogP contribution in [0.5, 0.6) is 0 Å². The third kappa shape index (κ3) is 3.70. The molecule has 0 atom stereocenters. The van der Waals surface area contributed by atoms with Crippen molar-refractivity contribution in [3.05, 3.63) is 70.2 Å². The lowest BCUT2D eigenvalue weighted by Crippen LogP contribution is -2.26. The first kappa shape index (κ1) is 15.3. The van der Waals surface area contributed by atoms with Gasteiger partial charge in [-0.2, -0.15) is 0 Å². The molecule has 2 rings (SSSR count). The molecular formula is C17H16ClNO2. The molecule has 2 aromatic carbocycles. The van der Waals surface area contributed by atoms with Gasteiger partial charge in [-0.05, 0) is 36.8 Å². The van der Waals surface area contributed by atoms with Crippen molar-refractivity contribution in [2.24, 2.45) is 0 Å². The Morgan fingerprint density at radius 1 is 1.00 bits per heavy atom. The minimum atomic E-state index is -0.227. The fraction of sp³-hybridized carbons (Fsp3) is 0.176. The lowest BCUT2D eigenvalue weighted by atomic mass is 9.98. The molecule has 0 saturated heterocycles. The van der Waals surface area contributed by atoms with E-state index in [2.05, 4.69) is 5.32 Å². The first-order valence-corrected chi connectivity index (χ1v) is 7.18. The summed E-state index contributed by atoms with van der Waals surface area (Å²) in [4.78, 5) is 24.7. The van der Waals surface area contributed by atoms with E-state index < -0.39 is 0 Å². The molecule has 0 aliphatic heterocycles. The number of carbonyl (C=O) groups is 2. The molecule has 21 heavy (non-hydrogen) atoms. The summed E-state index contributed by atoms with van der Waals surface area (Å²) in [6, 6.07) is 13.5. The molecule has 0 radical (unpaired) electrons. The van der Waals surface area contributed by atoms with Crippen molar-refractivity contribution in [2.75, 3.05) is 6.54 Å². The summed E-state index contributed by atoms with van der Waals surface area (Å²) in [6.07, 6.45) is 0.846. The minimum Gasteiger partial charge on any atom is -0.352 e. The number of carbonyl (C=O) groups excluding carboxylic acids is 2. The summed E-state index contributed by atoms with van der Waals surface area (Å²) in [6.45, 7) is 2.56. The van der Waals surface area contributed by atoms with E-state index in [1.165, 1.54) is 0 Å². The summed E-state index contributed by atoms with van der Waals surface area (Å²) >= 11 is 5.83. The first-order chi connectivity index (χ1) is 10.1. The second kappa shape index (κ2) is 7.04. The Hall–Kier alpha value is -2.13. The van der Waals surface area contributed by atoms with Crippen LogP contribution in [0.4, 0.5) is 0 Å². The van der Waals surface area contributed by atoms with Crippen molar-refractivity contribution in [1.29, 1.82) is 0 Å². The van der Waals surface area contributed by atoms with Crippen LogP contribution in [0.15, 0.2) is 48.5 Å². The monoisotopic (exact) mass is 301 g/mol. The van der Waals surface area contributed by atoms with E-state index in [1.807, 2.05) is 6.92 Å². The zero-order chi connectivity index (χ0) is 15.2. The Balaban J connectivity index is 2.33. The van der Waals surface area contributed by atoms with Gasteiger partial charge in [-0.15, -0.1) is 0 Å². The molecule has 2 aromatic rings. The molecule has 4 heteroatoms. The highest BCUT2D eigenvalue weighted by Gasteiger charge is 2.17. The van der Waals surface area contributed by atoms with Crippen molar-refractivity contribution in [3.8, 4) is 0 Å². The number of hydrogen-bond acceptors (Lipinski definition) is 2. The summed E-state index contributed by atoms with van der Waals surface area (Å²) in [5.41, 5.74) is 1.30. The van der Waals surface area contributed by atoms with Gasteiger partial charge in [0.05, 0.1) is 5.56 Å². The van der Waals surface area contributed by atoms with Gasteiger partial charge in [0.15, 0.2) is 5.78 Å². The maximum absolute atomic E-state index is 12.5. The van der Waals surface area contributed by atoms with Gasteiger partial charge in [0, 0.05) is 22.7 Å². The summed E-state index contributed by atoms with van der Waals surface area (Å²) in [5, 5.41) is 3.36. The smallest absolute Gasteiger partial charge is 0.252 e. The Labute approximate surface area is 128 Å².